The second kappa shape index (κ2) is 10.2. The standard InChI is InChI=1S/C21H22N4O3S2/c1-4-11-25-20(16-7-5-6-8-18(16)28-3)23-24-21(25)29-13-17(27)19-10-9-15(30-19)12-22-14(2)26/h4-10H,1,11-13H2,2-3H3,(H,22,26). The van der Waals surface area contributed by atoms with Crippen LogP contribution in [0.3, 0.4) is 0 Å². The average Bonchev–Trinajstić information content (AvgIpc) is 3.38. The number of para-hydroxylation sites is 1. The van der Waals surface area contributed by atoms with E-state index < -0.39 is 0 Å². The monoisotopic (exact) mass is 442 g/mol. The van der Waals surface area contributed by atoms with Crippen molar-refractivity contribution < 1.29 is 14.3 Å². The van der Waals surface area contributed by atoms with Crippen LogP contribution in [-0.4, -0.2) is 39.3 Å². The van der Waals surface area contributed by atoms with Crippen molar-refractivity contribution in [2.45, 2.75) is 25.2 Å². The lowest BCUT2D eigenvalue weighted by atomic mass is 10.2. The summed E-state index contributed by atoms with van der Waals surface area (Å²) in [4.78, 5) is 25.3. The number of benzene rings is 1. The van der Waals surface area contributed by atoms with E-state index in [-0.39, 0.29) is 17.4 Å². The first-order valence-corrected chi connectivity index (χ1v) is 11.0. The molecular formula is C21H22N4O3S2. The van der Waals surface area contributed by atoms with Gasteiger partial charge in [-0.15, -0.1) is 28.1 Å². The predicted molar refractivity (Wildman–Crippen MR) is 119 cm³/mol. The number of ketones is 1. The average molecular weight is 443 g/mol. The van der Waals surface area contributed by atoms with Crippen molar-refractivity contribution in [3.05, 3.63) is 58.8 Å². The summed E-state index contributed by atoms with van der Waals surface area (Å²) in [5, 5.41) is 12.0. The van der Waals surface area contributed by atoms with E-state index in [0.29, 0.717) is 34.7 Å². The molecule has 0 radical (unpaired) electrons. The summed E-state index contributed by atoms with van der Waals surface area (Å²) in [6, 6.07) is 11.2. The smallest absolute Gasteiger partial charge is 0.217 e. The molecule has 2 aromatic heterocycles. The van der Waals surface area contributed by atoms with Gasteiger partial charge in [0.1, 0.15) is 5.75 Å². The Morgan fingerprint density at radius 1 is 1.27 bits per heavy atom. The minimum Gasteiger partial charge on any atom is -0.496 e. The van der Waals surface area contributed by atoms with Crippen LogP contribution in [0.1, 0.15) is 21.5 Å². The van der Waals surface area contributed by atoms with Gasteiger partial charge in [-0.1, -0.05) is 30.0 Å². The zero-order valence-electron chi connectivity index (χ0n) is 16.8. The highest BCUT2D eigenvalue weighted by Crippen LogP contribution is 2.31. The van der Waals surface area contributed by atoms with Crippen LogP contribution >= 0.6 is 23.1 Å². The zero-order valence-corrected chi connectivity index (χ0v) is 18.4. The summed E-state index contributed by atoms with van der Waals surface area (Å²) in [5.41, 5.74) is 0.827. The predicted octanol–water partition coefficient (Wildman–Crippen LogP) is 3.81. The zero-order chi connectivity index (χ0) is 21.5. The van der Waals surface area contributed by atoms with Crippen LogP contribution in [0.15, 0.2) is 54.2 Å². The van der Waals surface area contributed by atoms with Gasteiger partial charge < -0.3 is 10.1 Å². The van der Waals surface area contributed by atoms with Gasteiger partial charge in [0.2, 0.25) is 5.91 Å². The fraction of sp³-hybridized carbons (Fsp3) is 0.238. The lowest BCUT2D eigenvalue weighted by molar-refractivity contribution is -0.119. The van der Waals surface area contributed by atoms with Gasteiger partial charge in [0, 0.05) is 18.3 Å². The van der Waals surface area contributed by atoms with Crippen LogP contribution in [0.2, 0.25) is 0 Å². The Bertz CT molecular complexity index is 1060. The van der Waals surface area contributed by atoms with Crippen molar-refractivity contribution >= 4 is 34.8 Å². The molecule has 0 aliphatic carbocycles. The van der Waals surface area contributed by atoms with Crippen LogP contribution in [-0.2, 0) is 17.9 Å². The number of ether oxygens (including phenoxy) is 1. The molecule has 0 saturated carbocycles. The number of rotatable bonds is 10. The number of carbonyl (C=O) groups excluding carboxylic acids is 2. The van der Waals surface area contributed by atoms with Crippen molar-refractivity contribution in [2.75, 3.05) is 12.9 Å². The van der Waals surface area contributed by atoms with Gasteiger partial charge in [0.25, 0.3) is 0 Å². The molecule has 3 rings (SSSR count). The fourth-order valence-corrected chi connectivity index (χ4v) is 4.56. The van der Waals surface area contributed by atoms with E-state index in [2.05, 4.69) is 22.1 Å². The molecule has 30 heavy (non-hydrogen) atoms. The highest BCUT2D eigenvalue weighted by atomic mass is 32.2. The van der Waals surface area contributed by atoms with Gasteiger partial charge in [-0.2, -0.15) is 0 Å². The number of nitrogens with zero attached hydrogens (tertiary/aromatic N) is 3. The Kier molecular flexibility index (Phi) is 7.42. The molecule has 156 valence electrons. The van der Waals surface area contributed by atoms with Crippen molar-refractivity contribution in [1.82, 2.24) is 20.1 Å². The van der Waals surface area contributed by atoms with Crippen LogP contribution in [0.5, 0.6) is 5.75 Å². The van der Waals surface area contributed by atoms with Gasteiger partial charge in [0.15, 0.2) is 16.8 Å². The van der Waals surface area contributed by atoms with E-state index in [0.717, 1.165) is 10.4 Å². The third-order valence-electron chi connectivity index (χ3n) is 4.16. The lowest BCUT2D eigenvalue weighted by Gasteiger charge is -2.10. The third kappa shape index (κ3) is 5.17. The van der Waals surface area contributed by atoms with Gasteiger partial charge in [-0.05, 0) is 24.3 Å². The minimum atomic E-state index is -0.0979. The second-order valence-electron chi connectivity index (χ2n) is 6.29. The first-order valence-electron chi connectivity index (χ1n) is 9.20. The van der Waals surface area contributed by atoms with Crippen LogP contribution in [0, 0.1) is 0 Å². The first kappa shape index (κ1) is 21.8. The number of amides is 1. The fourth-order valence-electron chi connectivity index (χ4n) is 2.75. The molecule has 0 aliphatic rings. The summed E-state index contributed by atoms with van der Waals surface area (Å²) in [6.07, 6.45) is 1.77. The maximum absolute atomic E-state index is 12.6. The highest BCUT2D eigenvalue weighted by Gasteiger charge is 2.18. The summed E-state index contributed by atoms with van der Waals surface area (Å²) < 4.78 is 7.36. The summed E-state index contributed by atoms with van der Waals surface area (Å²) in [6.45, 7) is 6.22. The molecule has 0 bridgehead atoms. The van der Waals surface area contributed by atoms with E-state index >= 15 is 0 Å². The van der Waals surface area contributed by atoms with Gasteiger partial charge in [-0.3, -0.25) is 14.2 Å². The molecule has 1 aromatic carbocycles. The summed E-state index contributed by atoms with van der Waals surface area (Å²) in [5.74, 6) is 1.51. The van der Waals surface area contributed by atoms with Crippen molar-refractivity contribution in [2.24, 2.45) is 0 Å². The molecule has 0 spiro atoms. The molecule has 1 N–H and O–H groups in total. The van der Waals surface area contributed by atoms with Crippen LogP contribution in [0.4, 0.5) is 0 Å². The molecule has 0 fully saturated rings. The Hall–Kier alpha value is -2.91. The normalized spacial score (nSPS) is 10.6. The molecule has 0 atom stereocenters. The molecule has 0 unspecified atom stereocenters. The number of aromatic nitrogens is 3. The van der Waals surface area contributed by atoms with Gasteiger partial charge in [-0.25, -0.2) is 0 Å². The van der Waals surface area contributed by atoms with E-state index in [1.807, 2.05) is 34.9 Å². The molecule has 2 heterocycles. The summed E-state index contributed by atoms with van der Waals surface area (Å²) in [7, 11) is 1.61. The molecular weight excluding hydrogens is 420 g/mol. The number of thioether (sulfide) groups is 1. The molecule has 1 amide bonds. The van der Waals surface area contributed by atoms with Crippen molar-refractivity contribution in [3.63, 3.8) is 0 Å². The lowest BCUT2D eigenvalue weighted by Crippen LogP contribution is -2.18. The number of carbonyl (C=O) groups is 2. The van der Waals surface area contributed by atoms with Crippen LogP contribution in [0.25, 0.3) is 11.4 Å². The Morgan fingerprint density at radius 3 is 2.80 bits per heavy atom. The van der Waals surface area contributed by atoms with Gasteiger partial charge in [0.05, 0.1) is 29.8 Å². The quantitative estimate of drug-likeness (QED) is 0.292. The van der Waals surface area contributed by atoms with E-state index in [1.54, 1.807) is 19.3 Å². The minimum absolute atomic E-state index is 0.00562. The molecule has 9 heteroatoms. The Morgan fingerprint density at radius 2 is 2.07 bits per heavy atom. The molecule has 0 aliphatic heterocycles. The number of thiophene rings is 1. The Labute approximate surface area is 183 Å². The molecule has 0 saturated heterocycles. The maximum atomic E-state index is 12.6. The molecule has 7 nitrogen and oxygen atoms in total. The first-order chi connectivity index (χ1) is 14.5. The SMILES string of the molecule is C=CCn1c(SCC(=O)c2ccc(CNC(C)=O)s2)nnc1-c1ccccc1OC. The number of allylic oxidation sites excluding steroid dienone is 1. The van der Waals surface area contributed by atoms with E-state index in [9.17, 15) is 9.59 Å². The maximum Gasteiger partial charge on any atom is 0.217 e. The van der Waals surface area contributed by atoms with Gasteiger partial charge >= 0.3 is 0 Å². The number of hydrogen-bond acceptors (Lipinski definition) is 7. The van der Waals surface area contributed by atoms with E-state index in [4.69, 9.17) is 4.74 Å². The largest absolute Gasteiger partial charge is 0.496 e. The van der Waals surface area contributed by atoms with Crippen LogP contribution < -0.4 is 10.1 Å². The highest BCUT2D eigenvalue weighted by molar-refractivity contribution is 7.99. The topological polar surface area (TPSA) is 86.1 Å². The van der Waals surface area contributed by atoms with Crippen molar-refractivity contribution in [1.29, 1.82) is 0 Å². The second-order valence-corrected chi connectivity index (χ2v) is 8.40. The number of nitrogens with one attached hydrogen (secondary N) is 1. The summed E-state index contributed by atoms with van der Waals surface area (Å²) >= 11 is 2.72. The number of Topliss-reactive ketones (excluding diaryl/α,β-unsaturated/α-hetero) is 1. The Balaban J connectivity index is 1.74. The van der Waals surface area contributed by atoms with Crippen molar-refractivity contribution in [3.8, 4) is 17.1 Å². The number of methoxy groups -OCH3 is 1. The third-order valence-corrected chi connectivity index (χ3v) is 6.25. The van der Waals surface area contributed by atoms with E-state index in [1.165, 1.54) is 30.0 Å². The number of hydrogen-bond donors (Lipinski definition) is 1. The molecule has 3 aromatic rings.